The van der Waals surface area contributed by atoms with E-state index in [1.54, 1.807) is 18.2 Å². The quantitative estimate of drug-likeness (QED) is 0.841. The molecule has 0 heterocycles. The van der Waals surface area contributed by atoms with Crippen molar-refractivity contribution in [3.8, 4) is 6.07 Å². The summed E-state index contributed by atoms with van der Waals surface area (Å²) < 4.78 is 5.58. The molecule has 1 aromatic rings. The van der Waals surface area contributed by atoms with Crippen LogP contribution in [0.1, 0.15) is 11.5 Å². The summed E-state index contributed by atoms with van der Waals surface area (Å²) in [7, 11) is 1.44. The SMILES string of the molecule is COCC(=O)C(C#N)c1cccc(Br)c1. The van der Waals surface area contributed by atoms with Crippen molar-refractivity contribution in [2.24, 2.45) is 0 Å². The summed E-state index contributed by atoms with van der Waals surface area (Å²) in [5, 5.41) is 8.93. The fraction of sp³-hybridized carbons (Fsp3) is 0.273. The van der Waals surface area contributed by atoms with Crippen molar-refractivity contribution in [3.63, 3.8) is 0 Å². The molecule has 4 heteroatoms. The average molecular weight is 268 g/mol. The van der Waals surface area contributed by atoms with E-state index >= 15 is 0 Å². The number of benzene rings is 1. The molecule has 0 bridgehead atoms. The molecular weight excluding hydrogens is 258 g/mol. The molecule has 0 spiro atoms. The van der Waals surface area contributed by atoms with Crippen LogP contribution in [0, 0.1) is 11.3 Å². The summed E-state index contributed by atoms with van der Waals surface area (Å²) >= 11 is 3.30. The maximum atomic E-state index is 11.5. The Kier molecular flexibility index (Phi) is 4.47. The van der Waals surface area contributed by atoms with Gasteiger partial charge < -0.3 is 4.74 Å². The molecule has 0 amide bonds. The molecule has 0 aliphatic rings. The van der Waals surface area contributed by atoms with Crippen molar-refractivity contribution in [3.05, 3.63) is 34.3 Å². The largest absolute Gasteiger partial charge is 0.377 e. The third-order valence-electron chi connectivity index (χ3n) is 1.92. The highest BCUT2D eigenvalue weighted by molar-refractivity contribution is 9.10. The van der Waals surface area contributed by atoms with Gasteiger partial charge in [-0.25, -0.2) is 0 Å². The van der Waals surface area contributed by atoms with Gasteiger partial charge in [0.2, 0.25) is 0 Å². The number of carbonyl (C=O) groups is 1. The first-order chi connectivity index (χ1) is 7.19. The molecule has 0 saturated heterocycles. The van der Waals surface area contributed by atoms with Crippen LogP contribution in [0.4, 0.5) is 0 Å². The maximum absolute atomic E-state index is 11.5. The minimum atomic E-state index is -0.748. The van der Waals surface area contributed by atoms with Crippen LogP contribution in [0.5, 0.6) is 0 Å². The Morgan fingerprint density at radius 2 is 2.40 bits per heavy atom. The van der Waals surface area contributed by atoms with E-state index in [1.165, 1.54) is 7.11 Å². The number of carbonyl (C=O) groups excluding carboxylic acids is 1. The topological polar surface area (TPSA) is 50.1 Å². The Morgan fingerprint density at radius 1 is 1.67 bits per heavy atom. The van der Waals surface area contributed by atoms with Gasteiger partial charge in [-0.3, -0.25) is 4.79 Å². The number of methoxy groups -OCH3 is 1. The van der Waals surface area contributed by atoms with E-state index in [0.29, 0.717) is 5.56 Å². The third-order valence-corrected chi connectivity index (χ3v) is 2.41. The summed E-state index contributed by atoms with van der Waals surface area (Å²) in [6, 6.07) is 9.14. The number of rotatable bonds is 4. The van der Waals surface area contributed by atoms with Gasteiger partial charge in [-0.15, -0.1) is 0 Å². The number of ketones is 1. The highest BCUT2D eigenvalue weighted by Crippen LogP contribution is 2.20. The van der Waals surface area contributed by atoms with E-state index in [1.807, 2.05) is 12.1 Å². The molecule has 78 valence electrons. The summed E-state index contributed by atoms with van der Waals surface area (Å²) in [4.78, 5) is 11.5. The molecule has 1 rings (SSSR count). The van der Waals surface area contributed by atoms with Crippen molar-refractivity contribution in [1.82, 2.24) is 0 Å². The number of Topliss-reactive ketones (excluding diaryl/α,β-unsaturated/α-hetero) is 1. The van der Waals surface area contributed by atoms with Gasteiger partial charge in [0.25, 0.3) is 0 Å². The number of hydrogen-bond acceptors (Lipinski definition) is 3. The predicted molar refractivity (Wildman–Crippen MR) is 59.4 cm³/mol. The standard InChI is InChI=1S/C11H10BrNO2/c1-15-7-11(14)10(6-13)8-3-2-4-9(12)5-8/h2-5,10H,7H2,1H3. The van der Waals surface area contributed by atoms with Gasteiger partial charge in [0, 0.05) is 11.6 Å². The molecule has 0 fully saturated rings. The molecule has 1 aromatic carbocycles. The van der Waals surface area contributed by atoms with Crippen molar-refractivity contribution < 1.29 is 9.53 Å². The maximum Gasteiger partial charge on any atom is 0.179 e. The van der Waals surface area contributed by atoms with Gasteiger partial charge in [0.1, 0.15) is 12.5 Å². The molecular formula is C11H10BrNO2. The van der Waals surface area contributed by atoms with E-state index in [4.69, 9.17) is 10.00 Å². The Balaban J connectivity index is 2.93. The lowest BCUT2D eigenvalue weighted by Crippen LogP contribution is -2.16. The highest BCUT2D eigenvalue weighted by atomic mass is 79.9. The second-order valence-electron chi connectivity index (χ2n) is 3.02. The minimum Gasteiger partial charge on any atom is -0.377 e. The lowest BCUT2D eigenvalue weighted by molar-refractivity contribution is -0.122. The van der Waals surface area contributed by atoms with Crippen LogP contribution < -0.4 is 0 Å². The first-order valence-electron chi connectivity index (χ1n) is 4.35. The van der Waals surface area contributed by atoms with E-state index in [9.17, 15) is 4.79 Å². The van der Waals surface area contributed by atoms with Gasteiger partial charge >= 0.3 is 0 Å². The highest BCUT2D eigenvalue weighted by Gasteiger charge is 2.19. The molecule has 1 unspecified atom stereocenters. The van der Waals surface area contributed by atoms with E-state index < -0.39 is 5.92 Å². The number of hydrogen-bond donors (Lipinski definition) is 0. The Hall–Kier alpha value is -1.18. The van der Waals surface area contributed by atoms with Gasteiger partial charge in [0.15, 0.2) is 5.78 Å². The first kappa shape index (κ1) is 11.9. The number of halogens is 1. The zero-order chi connectivity index (χ0) is 11.3. The van der Waals surface area contributed by atoms with E-state index in [0.717, 1.165) is 4.47 Å². The smallest absolute Gasteiger partial charge is 0.179 e. The fourth-order valence-corrected chi connectivity index (χ4v) is 1.66. The van der Waals surface area contributed by atoms with Crippen molar-refractivity contribution in [2.75, 3.05) is 13.7 Å². The predicted octanol–water partition coefficient (Wildman–Crippen LogP) is 2.27. The molecule has 1 atom stereocenters. The Morgan fingerprint density at radius 3 is 2.93 bits per heavy atom. The number of nitriles is 1. The molecule has 0 aromatic heterocycles. The van der Waals surface area contributed by atoms with E-state index in [2.05, 4.69) is 15.9 Å². The molecule has 15 heavy (non-hydrogen) atoms. The Labute approximate surface area is 96.8 Å². The molecule has 0 N–H and O–H groups in total. The van der Waals surface area contributed by atoms with Crippen LogP contribution in [0.15, 0.2) is 28.7 Å². The molecule has 0 aliphatic carbocycles. The van der Waals surface area contributed by atoms with Crippen LogP contribution in [0.25, 0.3) is 0 Å². The second-order valence-corrected chi connectivity index (χ2v) is 3.93. The summed E-state index contributed by atoms with van der Waals surface area (Å²) in [5.74, 6) is -0.972. The fourth-order valence-electron chi connectivity index (χ4n) is 1.24. The zero-order valence-corrected chi connectivity index (χ0v) is 9.82. The van der Waals surface area contributed by atoms with Crippen LogP contribution in [0.3, 0.4) is 0 Å². The molecule has 0 aliphatic heterocycles. The summed E-state index contributed by atoms with van der Waals surface area (Å²) in [5.41, 5.74) is 0.689. The van der Waals surface area contributed by atoms with E-state index in [-0.39, 0.29) is 12.4 Å². The zero-order valence-electron chi connectivity index (χ0n) is 8.24. The normalized spacial score (nSPS) is 11.8. The van der Waals surface area contributed by atoms with Crippen LogP contribution in [-0.2, 0) is 9.53 Å². The lowest BCUT2D eigenvalue weighted by Gasteiger charge is -2.07. The summed E-state index contributed by atoms with van der Waals surface area (Å²) in [6.07, 6.45) is 0. The van der Waals surface area contributed by atoms with Crippen LogP contribution >= 0.6 is 15.9 Å². The lowest BCUT2D eigenvalue weighted by atomic mass is 9.97. The van der Waals surface area contributed by atoms with Crippen LogP contribution in [0.2, 0.25) is 0 Å². The molecule has 3 nitrogen and oxygen atoms in total. The number of ether oxygens (including phenoxy) is 1. The molecule has 0 saturated carbocycles. The third kappa shape index (κ3) is 3.15. The number of nitrogens with zero attached hydrogens (tertiary/aromatic N) is 1. The minimum absolute atomic E-state index is 0.0370. The van der Waals surface area contributed by atoms with Crippen LogP contribution in [-0.4, -0.2) is 19.5 Å². The van der Waals surface area contributed by atoms with Crippen molar-refractivity contribution in [2.45, 2.75) is 5.92 Å². The molecule has 0 radical (unpaired) electrons. The second kappa shape index (κ2) is 5.64. The van der Waals surface area contributed by atoms with Crippen molar-refractivity contribution in [1.29, 1.82) is 5.26 Å². The van der Waals surface area contributed by atoms with Gasteiger partial charge in [-0.2, -0.15) is 5.26 Å². The first-order valence-corrected chi connectivity index (χ1v) is 5.15. The van der Waals surface area contributed by atoms with Gasteiger partial charge in [-0.05, 0) is 17.7 Å². The van der Waals surface area contributed by atoms with Gasteiger partial charge in [-0.1, -0.05) is 28.1 Å². The average Bonchev–Trinajstić information content (AvgIpc) is 2.19. The van der Waals surface area contributed by atoms with Crippen molar-refractivity contribution >= 4 is 21.7 Å². The van der Waals surface area contributed by atoms with Gasteiger partial charge in [0.05, 0.1) is 6.07 Å². The summed E-state index contributed by atoms with van der Waals surface area (Å²) in [6.45, 7) is -0.0370. The monoisotopic (exact) mass is 267 g/mol. The Bertz CT molecular complexity index is 398.